The summed E-state index contributed by atoms with van der Waals surface area (Å²) in [5.41, 5.74) is 1.56. The smallest absolute Gasteiger partial charge is 0.0235 e. The summed E-state index contributed by atoms with van der Waals surface area (Å²) in [4.78, 5) is 0. The van der Waals surface area contributed by atoms with Gasteiger partial charge >= 0.3 is 0 Å². The third kappa shape index (κ3) is 0.521. The number of hydrogen-bond acceptors (Lipinski definition) is 0. The largest absolute Gasteiger partial charge is 0.0588 e. The van der Waals surface area contributed by atoms with E-state index in [9.17, 15) is 0 Å². The molecule has 4 aliphatic carbocycles. The first-order valence-electron chi connectivity index (χ1n) is 6.15. The van der Waals surface area contributed by atoms with Crippen LogP contribution in [0.15, 0.2) is 0 Å². The zero-order chi connectivity index (χ0) is 8.84. The average Bonchev–Trinajstić information content (AvgIpc) is 2.46. The minimum atomic E-state index is 0.781. The van der Waals surface area contributed by atoms with Gasteiger partial charge in [0.25, 0.3) is 0 Å². The number of rotatable bonds is 0. The maximum absolute atomic E-state index is 2.63. The van der Waals surface area contributed by atoms with Crippen molar-refractivity contribution in [1.82, 2.24) is 0 Å². The van der Waals surface area contributed by atoms with Crippen molar-refractivity contribution in [2.45, 2.75) is 46.0 Å². The van der Waals surface area contributed by atoms with Crippen LogP contribution in [-0.2, 0) is 0 Å². The summed E-state index contributed by atoms with van der Waals surface area (Å²) in [5, 5.41) is 0. The lowest BCUT2D eigenvalue weighted by Gasteiger charge is -2.44. The molecule has 6 atom stereocenters. The summed E-state index contributed by atoms with van der Waals surface area (Å²) in [6, 6.07) is 0. The topological polar surface area (TPSA) is 0 Å². The molecule has 4 fully saturated rings. The molecule has 0 nitrogen and oxygen atoms in total. The first-order chi connectivity index (χ1) is 6.15. The molecule has 0 radical (unpaired) electrons. The second-order valence-corrected chi connectivity index (χ2v) is 6.79. The van der Waals surface area contributed by atoms with Gasteiger partial charge in [-0.2, -0.15) is 0 Å². The Hall–Kier alpha value is 0. The molecule has 4 aliphatic rings. The standard InChI is InChI=1S/C13H20/c1-12-6-8-3-4-10(12)9-5-11(8)13(12,2)7-9/h8-11H,3-7H2,1-2H3/t8?,9?,10?,11?,12?,13-/m1/s1. The lowest BCUT2D eigenvalue weighted by Crippen LogP contribution is -2.37. The summed E-state index contributed by atoms with van der Waals surface area (Å²) < 4.78 is 0. The highest BCUT2D eigenvalue weighted by Gasteiger charge is 2.73. The van der Waals surface area contributed by atoms with Crippen molar-refractivity contribution in [2.75, 3.05) is 0 Å². The van der Waals surface area contributed by atoms with Crippen molar-refractivity contribution in [3.8, 4) is 0 Å². The first kappa shape index (κ1) is 7.31. The Kier molecular flexibility index (Phi) is 0.971. The molecule has 0 aromatic rings. The van der Waals surface area contributed by atoms with Crippen molar-refractivity contribution in [3.63, 3.8) is 0 Å². The van der Waals surface area contributed by atoms with Gasteiger partial charge in [0.15, 0.2) is 0 Å². The van der Waals surface area contributed by atoms with E-state index in [-0.39, 0.29) is 0 Å². The molecule has 0 amide bonds. The van der Waals surface area contributed by atoms with Gasteiger partial charge in [0.1, 0.15) is 0 Å². The Morgan fingerprint density at radius 1 is 0.846 bits per heavy atom. The summed E-state index contributed by atoms with van der Waals surface area (Å²) in [6.07, 6.45) is 7.96. The summed E-state index contributed by atoms with van der Waals surface area (Å²) >= 11 is 0. The Morgan fingerprint density at radius 3 is 2.38 bits per heavy atom. The molecule has 0 heterocycles. The second-order valence-electron chi connectivity index (χ2n) is 6.79. The van der Waals surface area contributed by atoms with Crippen LogP contribution < -0.4 is 0 Å². The summed E-state index contributed by atoms with van der Waals surface area (Å²) in [7, 11) is 0. The van der Waals surface area contributed by atoms with E-state index in [1.807, 2.05) is 0 Å². The summed E-state index contributed by atoms with van der Waals surface area (Å²) in [6.45, 7) is 5.26. The maximum atomic E-state index is 2.63. The fourth-order valence-electron chi connectivity index (χ4n) is 6.31. The first-order valence-corrected chi connectivity index (χ1v) is 6.15. The van der Waals surface area contributed by atoms with E-state index in [2.05, 4.69) is 13.8 Å². The quantitative estimate of drug-likeness (QED) is 0.530. The highest BCUT2D eigenvalue weighted by molar-refractivity contribution is 5.22. The van der Waals surface area contributed by atoms with Gasteiger partial charge in [0.2, 0.25) is 0 Å². The minimum absolute atomic E-state index is 0.781. The van der Waals surface area contributed by atoms with Crippen LogP contribution >= 0.6 is 0 Å². The normalized spacial score (nSPS) is 72.5. The molecule has 72 valence electrons. The van der Waals surface area contributed by atoms with Crippen molar-refractivity contribution < 1.29 is 0 Å². The van der Waals surface area contributed by atoms with Gasteiger partial charge in [-0.15, -0.1) is 0 Å². The molecule has 4 saturated carbocycles. The molecule has 0 spiro atoms. The fraction of sp³-hybridized carbons (Fsp3) is 1.00. The Labute approximate surface area is 81.1 Å². The maximum Gasteiger partial charge on any atom is -0.0235 e. The van der Waals surface area contributed by atoms with Crippen LogP contribution in [0.2, 0.25) is 0 Å². The van der Waals surface area contributed by atoms with E-state index < -0.39 is 0 Å². The van der Waals surface area contributed by atoms with Gasteiger partial charge in [0.05, 0.1) is 0 Å². The minimum Gasteiger partial charge on any atom is -0.0588 e. The van der Waals surface area contributed by atoms with Gasteiger partial charge in [0, 0.05) is 0 Å². The van der Waals surface area contributed by atoms with Gasteiger partial charge in [-0.25, -0.2) is 0 Å². The molecule has 4 rings (SSSR count). The Bertz CT molecular complexity index is 274. The molecule has 0 saturated heterocycles. The van der Waals surface area contributed by atoms with E-state index in [1.165, 1.54) is 0 Å². The molecular formula is C13H20. The van der Waals surface area contributed by atoms with E-state index >= 15 is 0 Å². The average molecular weight is 176 g/mol. The van der Waals surface area contributed by atoms with E-state index in [0.717, 1.165) is 34.5 Å². The molecule has 0 aliphatic heterocycles. The van der Waals surface area contributed by atoms with Crippen molar-refractivity contribution in [3.05, 3.63) is 0 Å². The van der Waals surface area contributed by atoms with Crippen LogP contribution in [0.4, 0.5) is 0 Å². The van der Waals surface area contributed by atoms with Gasteiger partial charge in [-0.05, 0) is 66.6 Å². The third-order valence-electron chi connectivity index (χ3n) is 6.86. The zero-order valence-corrected chi connectivity index (χ0v) is 8.84. The Balaban J connectivity index is 1.99. The van der Waals surface area contributed by atoms with Crippen LogP contribution in [0.3, 0.4) is 0 Å². The van der Waals surface area contributed by atoms with Gasteiger partial charge in [-0.3, -0.25) is 0 Å². The van der Waals surface area contributed by atoms with E-state index in [1.54, 1.807) is 32.1 Å². The van der Waals surface area contributed by atoms with E-state index in [4.69, 9.17) is 0 Å². The monoisotopic (exact) mass is 176 g/mol. The number of hydrogen-bond donors (Lipinski definition) is 0. The molecule has 4 bridgehead atoms. The van der Waals surface area contributed by atoms with Gasteiger partial charge < -0.3 is 0 Å². The Morgan fingerprint density at radius 2 is 1.54 bits per heavy atom. The lowest BCUT2D eigenvalue weighted by atomic mass is 9.60. The zero-order valence-electron chi connectivity index (χ0n) is 8.84. The predicted molar refractivity (Wildman–Crippen MR) is 53.3 cm³/mol. The summed E-state index contributed by atoms with van der Waals surface area (Å²) in [5.74, 6) is 4.56. The van der Waals surface area contributed by atoms with E-state index in [0.29, 0.717) is 0 Å². The van der Waals surface area contributed by atoms with Crippen LogP contribution in [0.1, 0.15) is 46.0 Å². The molecule has 0 aromatic heterocycles. The predicted octanol–water partition coefficient (Wildman–Crippen LogP) is 3.47. The fourth-order valence-corrected chi connectivity index (χ4v) is 6.31. The lowest BCUT2D eigenvalue weighted by molar-refractivity contribution is 0.0429. The molecular weight excluding hydrogens is 156 g/mol. The van der Waals surface area contributed by atoms with Crippen molar-refractivity contribution in [2.24, 2.45) is 34.5 Å². The SMILES string of the molecule is CC12CC3CCC1C1CC3[C@@]2(C)C1. The van der Waals surface area contributed by atoms with Crippen molar-refractivity contribution >= 4 is 0 Å². The number of fused-ring (bicyclic) bond motifs is 4. The molecule has 13 heavy (non-hydrogen) atoms. The second kappa shape index (κ2) is 1.73. The third-order valence-corrected chi connectivity index (χ3v) is 6.86. The highest BCUT2D eigenvalue weighted by Crippen LogP contribution is 2.80. The van der Waals surface area contributed by atoms with Crippen LogP contribution in [-0.4, -0.2) is 0 Å². The van der Waals surface area contributed by atoms with Crippen molar-refractivity contribution in [1.29, 1.82) is 0 Å². The molecule has 0 aromatic carbocycles. The van der Waals surface area contributed by atoms with Crippen LogP contribution in [0, 0.1) is 34.5 Å². The van der Waals surface area contributed by atoms with Gasteiger partial charge in [-0.1, -0.05) is 13.8 Å². The molecule has 0 N–H and O–H groups in total. The molecule has 0 heteroatoms. The highest BCUT2D eigenvalue weighted by atomic mass is 14.8. The van der Waals surface area contributed by atoms with Crippen LogP contribution in [0.5, 0.6) is 0 Å². The van der Waals surface area contributed by atoms with Crippen LogP contribution in [0.25, 0.3) is 0 Å². The molecule has 5 unspecified atom stereocenters.